The molecule has 1 aromatic carbocycles. The van der Waals surface area contributed by atoms with Gasteiger partial charge in [-0.3, -0.25) is 0 Å². The molecule has 0 amide bonds. The second kappa shape index (κ2) is 7.55. The van der Waals surface area contributed by atoms with Crippen LogP contribution in [0.2, 0.25) is 0 Å². The first-order valence-corrected chi connectivity index (χ1v) is 6.41. The first-order chi connectivity index (χ1) is 7.33. The van der Waals surface area contributed by atoms with Gasteiger partial charge in [0.1, 0.15) is 0 Å². The van der Waals surface area contributed by atoms with Gasteiger partial charge >= 0.3 is 0 Å². The highest BCUT2D eigenvalue weighted by Gasteiger charge is 1.97. The predicted octanol–water partition coefficient (Wildman–Crippen LogP) is 3.17. The Balaban J connectivity index is 2.23. The Bertz CT molecular complexity index is 282. The van der Waals surface area contributed by atoms with Crippen LogP contribution in [0.3, 0.4) is 0 Å². The molecule has 0 radical (unpaired) electrons. The zero-order valence-electron chi connectivity index (χ0n) is 9.23. The van der Waals surface area contributed by atoms with Gasteiger partial charge in [-0.05, 0) is 18.5 Å². The molecule has 0 saturated heterocycles. The van der Waals surface area contributed by atoms with E-state index in [1.165, 1.54) is 5.56 Å². The van der Waals surface area contributed by atoms with Crippen LogP contribution >= 0.6 is 11.8 Å². The lowest BCUT2D eigenvalue weighted by atomic mass is 10.2. The van der Waals surface area contributed by atoms with Crippen LogP contribution < -0.4 is 5.73 Å². The minimum atomic E-state index is 0.662. The van der Waals surface area contributed by atoms with Gasteiger partial charge in [-0.25, -0.2) is 0 Å². The van der Waals surface area contributed by atoms with Crippen molar-refractivity contribution in [3.05, 3.63) is 42.0 Å². The smallest absolute Gasteiger partial charge is 0.0119 e. The van der Waals surface area contributed by atoms with E-state index in [1.54, 1.807) is 0 Å². The molecule has 1 unspecified atom stereocenters. The third kappa shape index (κ3) is 5.65. The summed E-state index contributed by atoms with van der Waals surface area (Å²) in [7, 11) is 0. The van der Waals surface area contributed by atoms with Gasteiger partial charge < -0.3 is 5.73 Å². The van der Waals surface area contributed by atoms with Crippen LogP contribution in [0.5, 0.6) is 0 Å². The highest BCUT2D eigenvalue weighted by Crippen LogP contribution is 2.13. The topological polar surface area (TPSA) is 26.0 Å². The summed E-state index contributed by atoms with van der Waals surface area (Å²) >= 11 is 1.95. The van der Waals surface area contributed by atoms with Gasteiger partial charge in [0.05, 0.1) is 0 Å². The van der Waals surface area contributed by atoms with Crippen LogP contribution in [-0.2, 0) is 0 Å². The molecule has 1 atom stereocenters. The van der Waals surface area contributed by atoms with Crippen molar-refractivity contribution in [1.29, 1.82) is 0 Å². The van der Waals surface area contributed by atoms with Gasteiger partial charge in [-0.1, -0.05) is 49.4 Å². The van der Waals surface area contributed by atoms with E-state index >= 15 is 0 Å². The first-order valence-electron chi connectivity index (χ1n) is 5.36. The van der Waals surface area contributed by atoms with E-state index in [0.717, 1.165) is 18.7 Å². The van der Waals surface area contributed by atoms with Crippen LogP contribution in [0.4, 0.5) is 0 Å². The molecule has 0 aliphatic carbocycles. The molecule has 0 spiro atoms. The lowest BCUT2D eigenvalue weighted by Crippen LogP contribution is -2.07. The zero-order valence-corrected chi connectivity index (χ0v) is 10.0. The molecule has 0 bridgehead atoms. The van der Waals surface area contributed by atoms with E-state index in [9.17, 15) is 0 Å². The summed E-state index contributed by atoms with van der Waals surface area (Å²) in [6, 6.07) is 10.4. The highest BCUT2D eigenvalue weighted by atomic mass is 32.2. The minimum Gasteiger partial charge on any atom is -0.330 e. The van der Waals surface area contributed by atoms with Crippen molar-refractivity contribution >= 4 is 17.8 Å². The average Bonchev–Trinajstić information content (AvgIpc) is 2.26. The molecule has 0 aliphatic rings. The molecule has 2 N–H and O–H groups in total. The summed E-state index contributed by atoms with van der Waals surface area (Å²) in [6.45, 7) is 3.02. The fourth-order valence-electron chi connectivity index (χ4n) is 1.29. The Morgan fingerprint density at radius 2 is 2.07 bits per heavy atom. The van der Waals surface area contributed by atoms with Crippen molar-refractivity contribution in [3.63, 3.8) is 0 Å². The van der Waals surface area contributed by atoms with E-state index in [-0.39, 0.29) is 0 Å². The van der Waals surface area contributed by atoms with Crippen molar-refractivity contribution < 1.29 is 0 Å². The van der Waals surface area contributed by atoms with Crippen molar-refractivity contribution in [1.82, 2.24) is 0 Å². The normalized spacial score (nSPS) is 13.2. The molecule has 2 heteroatoms. The van der Waals surface area contributed by atoms with Crippen LogP contribution in [0.1, 0.15) is 18.9 Å². The molecule has 1 nitrogen and oxygen atoms in total. The quantitative estimate of drug-likeness (QED) is 0.798. The summed E-state index contributed by atoms with van der Waals surface area (Å²) in [5.74, 6) is 1.07. The van der Waals surface area contributed by atoms with E-state index in [0.29, 0.717) is 5.25 Å². The lowest BCUT2D eigenvalue weighted by molar-refractivity contribution is 0.824. The Morgan fingerprint density at radius 3 is 2.73 bits per heavy atom. The number of nitrogens with two attached hydrogens (primary N) is 1. The summed E-state index contributed by atoms with van der Waals surface area (Å²) < 4.78 is 0. The molecule has 0 fully saturated rings. The third-order valence-electron chi connectivity index (χ3n) is 2.16. The summed E-state index contributed by atoms with van der Waals surface area (Å²) in [5, 5.41) is 0.662. The maximum Gasteiger partial charge on any atom is 0.0119 e. The fourth-order valence-corrected chi connectivity index (χ4v) is 2.12. The fraction of sp³-hybridized carbons (Fsp3) is 0.385. The third-order valence-corrected chi connectivity index (χ3v) is 3.35. The molecule has 82 valence electrons. The monoisotopic (exact) mass is 221 g/mol. The zero-order chi connectivity index (χ0) is 10.9. The van der Waals surface area contributed by atoms with Crippen LogP contribution in [-0.4, -0.2) is 17.5 Å². The SMILES string of the molecule is CC(CCN)SCC=Cc1ccccc1. The Kier molecular flexibility index (Phi) is 6.21. The van der Waals surface area contributed by atoms with Gasteiger partial charge in [0.2, 0.25) is 0 Å². The maximum atomic E-state index is 5.49. The van der Waals surface area contributed by atoms with Gasteiger partial charge in [-0.2, -0.15) is 11.8 Å². The minimum absolute atomic E-state index is 0.662. The van der Waals surface area contributed by atoms with Crippen molar-refractivity contribution in [2.24, 2.45) is 5.73 Å². The Hall–Kier alpha value is -0.730. The van der Waals surface area contributed by atoms with Gasteiger partial charge in [0, 0.05) is 11.0 Å². The number of benzene rings is 1. The van der Waals surface area contributed by atoms with Crippen molar-refractivity contribution in [3.8, 4) is 0 Å². The van der Waals surface area contributed by atoms with Crippen LogP contribution in [0.15, 0.2) is 36.4 Å². The molecular weight excluding hydrogens is 202 g/mol. The van der Waals surface area contributed by atoms with E-state index in [1.807, 2.05) is 17.8 Å². The van der Waals surface area contributed by atoms with Crippen molar-refractivity contribution in [2.75, 3.05) is 12.3 Å². The Labute approximate surface area is 96.8 Å². The van der Waals surface area contributed by atoms with E-state index in [4.69, 9.17) is 5.73 Å². The first kappa shape index (κ1) is 12.3. The largest absolute Gasteiger partial charge is 0.330 e. The van der Waals surface area contributed by atoms with Crippen LogP contribution in [0, 0.1) is 0 Å². The lowest BCUT2D eigenvalue weighted by Gasteiger charge is -2.06. The summed E-state index contributed by atoms with van der Waals surface area (Å²) in [6.07, 6.45) is 5.49. The number of rotatable bonds is 6. The number of hydrogen-bond donors (Lipinski definition) is 1. The molecule has 0 aromatic heterocycles. The predicted molar refractivity (Wildman–Crippen MR) is 71.1 cm³/mol. The van der Waals surface area contributed by atoms with Crippen LogP contribution in [0.25, 0.3) is 6.08 Å². The molecule has 0 aliphatic heterocycles. The average molecular weight is 221 g/mol. The molecule has 0 saturated carbocycles. The highest BCUT2D eigenvalue weighted by molar-refractivity contribution is 8.00. The summed E-state index contributed by atoms with van der Waals surface area (Å²) in [4.78, 5) is 0. The maximum absolute atomic E-state index is 5.49. The van der Waals surface area contributed by atoms with Gasteiger partial charge in [-0.15, -0.1) is 0 Å². The second-order valence-corrected chi connectivity index (χ2v) is 5.01. The van der Waals surface area contributed by atoms with Gasteiger partial charge in [0.15, 0.2) is 0 Å². The number of hydrogen-bond acceptors (Lipinski definition) is 2. The van der Waals surface area contributed by atoms with E-state index in [2.05, 4.69) is 43.3 Å². The molecule has 1 rings (SSSR count). The molecule has 1 aromatic rings. The van der Waals surface area contributed by atoms with E-state index < -0.39 is 0 Å². The standard InChI is InChI=1S/C13H19NS/c1-12(9-10-14)15-11-5-8-13-6-3-2-4-7-13/h2-8,12H,9-11,14H2,1H3. The summed E-state index contributed by atoms with van der Waals surface area (Å²) in [5.41, 5.74) is 6.76. The van der Waals surface area contributed by atoms with Crippen molar-refractivity contribution in [2.45, 2.75) is 18.6 Å². The molecule has 0 heterocycles. The second-order valence-electron chi connectivity index (χ2n) is 3.53. The van der Waals surface area contributed by atoms with Gasteiger partial charge in [0.25, 0.3) is 0 Å². The molecular formula is C13H19NS. The Morgan fingerprint density at radius 1 is 1.33 bits per heavy atom. The number of thioether (sulfide) groups is 1. The molecule has 15 heavy (non-hydrogen) atoms.